The van der Waals surface area contributed by atoms with E-state index in [1.165, 1.54) is 43.3 Å². The van der Waals surface area contributed by atoms with Gasteiger partial charge in [0, 0.05) is 24.6 Å². The number of benzene rings is 2. The largest absolute Gasteiger partial charge is 0.454 e. The number of carbonyl (C=O) groups excluding carboxylic acids is 4. The summed E-state index contributed by atoms with van der Waals surface area (Å²) in [5.41, 5.74) is 1.02. The Balaban J connectivity index is 1.94. The number of ketones is 1. The molecule has 0 radical (unpaired) electrons. The zero-order valence-corrected chi connectivity index (χ0v) is 15.0. The molecule has 0 aliphatic carbocycles. The van der Waals surface area contributed by atoms with Crippen molar-refractivity contribution in [3.05, 3.63) is 59.7 Å². The van der Waals surface area contributed by atoms with Gasteiger partial charge in [-0.05, 0) is 42.5 Å². The Bertz CT molecular complexity index is 857. The summed E-state index contributed by atoms with van der Waals surface area (Å²) in [5, 5.41) is 2.65. The second-order valence-corrected chi connectivity index (χ2v) is 5.60. The summed E-state index contributed by atoms with van der Waals surface area (Å²) in [6.07, 6.45) is 0.319. The molecule has 0 aliphatic heterocycles. The molecule has 0 unspecified atom stereocenters. The van der Waals surface area contributed by atoms with Gasteiger partial charge in [-0.2, -0.15) is 0 Å². The summed E-state index contributed by atoms with van der Waals surface area (Å²) in [6.45, 7) is 2.57. The number of nitrogens with one attached hydrogen (secondary N) is 1. The van der Waals surface area contributed by atoms with E-state index in [-0.39, 0.29) is 11.5 Å². The molecule has 1 amide bonds. The van der Waals surface area contributed by atoms with Gasteiger partial charge in [0.25, 0.3) is 0 Å². The maximum atomic E-state index is 12.1. The molecule has 27 heavy (non-hydrogen) atoms. The second kappa shape index (κ2) is 9.28. The molecule has 0 heterocycles. The third kappa shape index (κ3) is 6.07. The Morgan fingerprint density at radius 2 is 1.67 bits per heavy atom. The Morgan fingerprint density at radius 1 is 0.963 bits per heavy atom. The van der Waals surface area contributed by atoms with Gasteiger partial charge in [0.2, 0.25) is 5.91 Å². The average Bonchev–Trinajstić information content (AvgIpc) is 2.66. The smallest absolute Gasteiger partial charge is 0.338 e. The van der Waals surface area contributed by atoms with Gasteiger partial charge in [-0.15, -0.1) is 0 Å². The molecule has 0 aromatic heterocycles. The number of anilines is 1. The fourth-order valence-electron chi connectivity index (χ4n) is 2.15. The van der Waals surface area contributed by atoms with Gasteiger partial charge >= 0.3 is 11.9 Å². The van der Waals surface area contributed by atoms with Crippen molar-refractivity contribution in [3.63, 3.8) is 0 Å². The lowest BCUT2D eigenvalue weighted by atomic mass is 10.1. The van der Waals surface area contributed by atoms with Crippen molar-refractivity contribution in [3.8, 4) is 5.75 Å². The highest BCUT2D eigenvalue weighted by Crippen LogP contribution is 2.14. The molecule has 2 rings (SSSR count). The molecule has 0 fully saturated rings. The quantitative estimate of drug-likeness (QED) is 0.458. The van der Waals surface area contributed by atoms with Gasteiger partial charge in [-0.1, -0.05) is 13.0 Å². The summed E-state index contributed by atoms with van der Waals surface area (Å²) in [4.78, 5) is 46.5. The molecule has 0 saturated carbocycles. The van der Waals surface area contributed by atoms with Crippen molar-refractivity contribution < 1.29 is 28.7 Å². The first-order valence-electron chi connectivity index (χ1n) is 8.27. The van der Waals surface area contributed by atoms with Gasteiger partial charge < -0.3 is 14.8 Å². The molecule has 7 heteroatoms. The Hall–Kier alpha value is -3.48. The van der Waals surface area contributed by atoms with E-state index in [1.54, 1.807) is 19.1 Å². The average molecular weight is 369 g/mol. The van der Waals surface area contributed by atoms with Crippen molar-refractivity contribution in [1.29, 1.82) is 0 Å². The van der Waals surface area contributed by atoms with E-state index in [9.17, 15) is 19.2 Å². The topological polar surface area (TPSA) is 98.8 Å². The van der Waals surface area contributed by atoms with E-state index in [0.717, 1.165) is 0 Å². The van der Waals surface area contributed by atoms with Crippen LogP contribution in [0.25, 0.3) is 0 Å². The number of carbonyl (C=O) groups is 4. The molecule has 0 saturated heterocycles. The van der Waals surface area contributed by atoms with Crippen molar-refractivity contribution in [2.45, 2.75) is 20.3 Å². The normalized spacial score (nSPS) is 10.0. The van der Waals surface area contributed by atoms with Crippen molar-refractivity contribution in [2.75, 3.05) is 11.9 Å². The minimum Gasteiger partial charge on any atom is -0.454 e. The molecule has 0 bridgehead atoms. The standard InChI is InChI=1S/C20H19NO6/c1-3-19(24)21-16-6-4-5-15(11-16)20(25)26-12-18(23)14-7-9-17(10-8-14)27-13(2)22/h4-11H,3,12H2,1-2H3,(H,21,24). The van der Waals surface area contributed by atoms with Crippen LogP contribution >= 0.6 is 0 Å². The molecule has 1 N–H and O–H groups in total. The summed E-state index contributed by atoms with van der Waals surface area (Å²) in [7, 11) is 0. The zero-order chi connectivity index (χ0) is 19.8. The van der Waals surface area contributed by atoms with Crippen LogP contribution in [-0.4, -0.2) is 30.2 Å². The SMILES string of the molecule is CCC(=O)Nc1cccc(C(=O)OCC(=O)c2ccc(OC(C)=O)cc2)c1. The van der Waals surface area contributed by atoms with E-state index < -0.39 is 24.3 Å². The summed E-state index contributed by atoms with van der Waals surface area (Å²) >= 11 is 0. The van der Waals surface area contributed by atoms with Crippen LogP contribution in [0.5, 0.6) is 5.75 Å². The maximum Gasteiger partial charge on any atom is 0.338 e. The van der Waals surface area contributed by atoms with Crippen LogP contribution in [0.4, 0.5) is 5.69 Å². The first kappa shape index (κ1) is 19.8. The lowest BCUT2D eigenvalue weighted by Crippen LogP contribution is -2.15. The minimum absolute atomic E-state index is 0.173. The van der Waals surface area contributed by atoms with E-state index in [1.807, 2.05) is 0 Å². The predicted octanol–water partition coefficient (Wildman–Crippen LogP) is 3.00. The number of Topliss-reactive ketones (excluding diaryl/α,β-unsaturated/α-hetero) is 1. The van der Waals surface area contributed by atoms with Crippen LogP contribution in [0.15, 0.2) is 48.5 Å². The van der Waals surface area contributed by atoms with Gasteiger partial charge in [0.1, 0.15) is 5.75 Å². The van der Waals surface area contributed by atoms with E-state index in [0.29, 0.717) is 23.4 Å². The summed E-state index contributed by atoms with van der Waals surface area (Å²) in [6, 6.07) is 12.2. The third-order valence-corrected chi connectivity index (χ3v) is 3.48. The zero-order valence-electron chi connectivity index (χ0n) is 15.0. The number of ether oxygens (including phenoxy) is 2. The van der Waals surface area contributed by atoms with Gasteiger partial charge in [0.15, 0.2) is 12.4 Å². The van der Waals surface area contributed by atoms with E-state index in [4.69, 9.17) is 9.47 Å². The van der Waals surface area contributed by atoms with E-state index >= 15 is 0 Å². The van der Waals surface area contributed by atoms with Crippen LogP contribution < -0.4 is 10.1 Å². The van der Waals surface area contributed by atoms with Crippen LogP contribution in [0.2, 0.25) is 0 Å². The maximum absolute atomic E-state index is 12.1. The first-order chi connectivity index (χ1) is 12.9. The lowest BCUT2D eigenvalue weighted by Gasteiger charge is -2.07. The van der Waals surface area contributed by atoms with Crippen LogP contribution in [-0.2, 0) is 14.3 Å². The Morgan fingerprint density at radius 3 is 2.30 bits per heavy atom. The Kier molecular flexibility index (Phi) is 6.82. The van der Waals surface area contributed by atoms with Gasteiger partial charge in [-0.25, -0.2) is 4.79 Å². The third-order valence-electron chi connectivity index (χ3n) is 3.48. The first-order valence-corrected chi connectivity index (χ1v) is 8.27. The van der Waals surface area contributed by atoms with Gasteiger partial charge in [-0.3, -0.25) is 14.4 Å². The molecule has 0 spiro atoms. The highest BCUT2D eigenvalue weighted by molar-refractivity contribution is 6.00. The van der Waals surface area contributed by atoms with Crippen molar-refractivity contribution in [1.82, 2.24) is 0 Å². The highest BCUT2D eigenvalue weighted by Gasteiger charge is 2.13. The Labute approximate surface area is 156 Å². The van der Waals surface area contributed by atoms with Crippen molar-refractivity contribution in [2.24, 2.45) is 0 Å². The molecular weight excluding hydrogens is 350 g/mol. The monoisotopic (exact) mass is 369 g/mol. The van der Waals surface area contributed by atoms with E-state index in [2.05, 4.69) is 5.32 Å². The number of esters is 2. The summed E-state index contributed by atoms with van der Waals surface area (Å²) < 4.78 is 9.93. The number of hydrogen-bond donors (Lipinski definition) is 1. The molecular formula is C20H19NO6. The number of hydrogen-bond acceptors (Lipinski definition) is 6. The molecule has 2 aromatic rings. The highest BCUT2D eigenvalue weighted by atomic mass is 16.5. The van der Waals surface area contributed by atoms with Crippen LogP contribution in [0.3, 0.4) is 0 Å². The second-order valence-electron chi connectivity index (χ2n) is 5.60. The molecule has 0 atom stereocenters. The number of amides is 1. The fourth-order valence-corrected chi connectivity index (χ4v) is 2.15. The lowest BCUT2D eigenvalue weighted by molar-refractivity contribution is -0.131. The minimum atomic E-state index is -0.674. The fraction of sp³-hybridized carbons (Fsp3) is 0.200. The summed E-state index contributed by atoms with van der Waals surface area (Å²) in [5.74, 6) is -1.38. The van der Waals surface area contributed by atoms with Gasteiger partial charge in [0.05, 0.1) is 5.56 Å². The predicted molar refractivity (Wildman–Crippen MR) is 97.7 cm³/mol. The molecule has 140 valence electrons. The molecule has 7 nitrogen and oxygen atoms in total. The van der Waals surface area contributed by atoms with Crippen molar-refractivity contribution >= 4 is 29.3 Å². The molecule has 0 aliphatic rings. The molecule has 2 aromatic carbocycles. The number of rotatable bonds is 7. The van der Waals surface area contributed by atoms with Crippen LogP contribution in [0.1, 0.15) is 41.0 Å². The van der Waals surface area contributed by atoms with Crippen LogP contribution in [0, 0.1) is 0 Å².